The predicted octanol–water partition coefficient (Wildman–Crippen LogP) is 4.26. The van der Waals surface area contributed by atoms with Gasteiger partial charge in [-0.3, -0.25) is 10.1 Å². The summed E-state index contributed by atoms with van der Waals surface area (Å²) in [6, 6.07) is 16.3. The predicted molar refractivity (Wildman–Crippen MR) is 128 cm³/mol. The number of hydrogen-bond donors (Lipinski definition) is 1. The molecule has 5 rings (SSSR count). The quantitative estimate of drug-likeness (QED) is 0.491. The molecule has 0 unspecified atom stereocenters. The van der Waals surface area contributed by atoms with Gasteiger partial charge >= 0.3 is 0 Å². The van der Waals surface area contributed by atoms with Crippen LogP contribution < -0.4 is 15.1 Å². The molecule has 0 atom stereocenters. The van der Waals surface area contributed by atoms with Gasteiger partial charge in [0.25, 0.3) is 0 Å². The van der Waals surface area contributed by atoms with Crippen LogP contribution in [-0.2, 0) is 4.79 Å². The molecule has 0 saturated carbocycles. The molecule has 1 aliphatic heterocycles. The molecule has 4 aromatic rings. The Morgan fingerprint density at radius 2 is 1.41 bits per heavy atom. The van der Waals surface area contributed by atoms with Gasteiger partial charge in [-0.15, -0.1) is 0 Å². The van der Waals surface area contributed by atoms with Gasteiger partial charge in [0, 0.05) is 44.4 Å². The number of carbonyl (C=O) groups excluding carboxylic acids is 1. The van der Waals surface area contributed by atoms with E-state index < -0.39 is 0 Å². The Kier molecular flexibility index (Phi) is 5.75. The summed E-state index contributed by atoms with van der Waals surface area (Å²) >= 11 is 0. The number of aromatic nitrogens is 3. The number of carbonyl (C=O) groups is 1. The number of rotatable bonds is 4. The third kappa shape index (κ3) is 4.50. The van der Waals surface area contributed by atoms with Crippen LogP contribution in [-0.4, -0.2) is 47.0 Å². The first-order valence-corrected chi connectivity index (χ1v) is 10.9. The lowest BCUT2D eigenvalue weighted by molar-refractivity contribution is -0.114. The number of hydrogen-bond acceptors (Lipinski definition) is 6. The highest BCUT2D eigenvalue weighted by atomic mass is 19.1. The van der Waals surface area contributed by atoms with Crippen molar-refractivity contribution in [3.05, 3.63) is 72.3 Å². The summed E-state index contributed by atoms with van der Waals surface area (Å²) in [5, 5.41) is 2.67. The minimum absolute atomic E-state index is 0.215. The third-order valence-corrected chi connectivity index (χ3v) is 5.72. The second kappa shape index (κ2) is 9.01. The fourth-order valence-corrected chi connectivity index (χ4v) is 4.04. The van der Waals surface area contributed by atoms with Crippen molar-refractivity contribution >= 4 is 34.4 Å². The zero-order chi connectivity index (χ0) is 23.7. The molecule has 2 aromatic heterocycles. The van der Waals surface area contributed by atoms with Crippen molar-refractivity contribution in [2.24, 2.45) is 0 Å². The van der Waals surface area contributed by atoms with Crippen LogP contribution in [0.5, 0.6) is 0 Å². The van der Waals surface area contributed by atoms with Crippen LogP contribution >= 0.6 is 0 Å². The van der Waals surface area contributed by atoms with Crippen LogP contribution in [0, 0.1) is 11.6 Å². The first-order valence-electron chi connectivity index (χ1n) is 10.9. The summed E-state index contributed by atoms with van der Waals surface area (Å²) in [6.45, 7) is 4.15. The monoisotopic (exact) mass is 460 g/mol. The largest absolute Gasteiger partial charge is 0.368 e. The van der Waals surface area contributed by atoms with Gasteiger partial charge in [0.15, 0.2) is 5.82 Å². The van der Waals surface area contributed by atoms with E-state index in [0.29, 0.717) is 48.7 Å². The number of nitrogens with one attached hydrogen (secondary N) is 1. The zero-order valence-corrected chi connectivity index (χ0v) is 18.5. The highest BCUT2D eigenvalue weighted by Gasteiger charge is 2.22. The molecule has 7 nitrogen and oxygen atoms in total. The van der Waals surface area contributed by atoms with Gasteiger partial charge in [0.05, 0.1) is 11.2 Å². The smallest absolute Gasteiger partial charge is 0.232 e. The van der Waals surface area contributed by atoms with Crippen LogP contribution in [0.25, 0.3) is 22.3 Å². The molecule has 3 heterocycles. The number of piperazine rings is 1. The average molecular weight is 460 g/mol. The number of nitrogens with zero attached hydrogens (tertiary/aromatic N) is 5. The lowest BCUT2D eigenvalue weighted by Crippen LogP contribution is -2.47. The zero-order valence-electron chi connectivity index (χ0n) is 18.5. The van der Waals surface area contributed by atoms with Crippen molar-refractivity contribution in [2.45, 2.75) is 6.92 Å². The molecule has 34 heavy (non-hydrogen) atoms. The maximum Gasteiger partial charge on any atom is 0.232 e. The van der Waals surface area contributed by atoms with Crippen molar-refractivity contribution in [1.29, 1.82) is 0 Å². The Hall–Kier alpha value is -4.14. The summed E-state index contributed by atoms with van der Waals surface area (Å²) in [5.41, 5.74) is 3.62. The molecule has 9 heteroatoms. The molecule has 0 radical (unpaired) electrons. The highest BCUT2D eigenvalue weighted by molar-refractivity contribution is 5.92. The molecule has 1 amide bonds. The second-order valence-corrected chi connectivity index (χ2v) is 8.07. The SMILES string of the molecule is CC(=O)Nc1nc(N2CCN(c3ccc(F)cc3)CC2)c2nc(-c3ccc(F)cc3)ccc2n1. The molecule has 1 saturated heterocycles. The van der Waals surface area contributed by atoms with Gasteiger partial charge < -0.3 is 9.80 Å². The van der Waals surface area contributed by atoms with Crippen molar-refractivity contribution in [2.75, 3.05) is 41.3 Å². The maximum absolute atomic E-state index is 13.4. The molecule has 1 fully saturated rings. The molecule has 0 spiro atoms. The fraction of sp³-hybridized carbons (Fsp3) is 0.200. The van der Waals surface area contributed by atoms with Crippen molar-refractivity contribution in [3.8, 4) is 11.3 Å². The Morgan fingerprint density at radius 3 is 2.06 bits per heavy atom. The summed E-state index contributed by atoms with van der Waals surface area (Å²) in [5.74, 6) is 0.00185. The molecule has 1 aliphatic rings. The molecule has 0 bridgehead atoms. The Bertz CT molecular complexity index is 1340. The molecule has 2 aromatic carbocycles. The number of benzene rings is 2. The number of amides is 1. The minimum Gasteiger partial charge on any atom is -0.368 e. The average Bonchev–Trinajstić information content (AvgIpc) is 2.84. The van der Waals surface area contributed by atoms with Gasteiger partial charge in [0.2, 0.25) is 11.9 Å². The molecular weight excluding hydrogens is 438 g/mol. The van der Waals surface area contributed by atoms with Crippen LogP contribution in [0.3, 0.4) is 0 Å². The van der Waals surface area contributed by atoms with Gasteiger partial charge in [-0.25, -0.2) is 18.7 Å². The van der Waals surface area contributed by atoms with E-state index in [1.807, 2.05) is 12.1 Å². The molecule has 1 N–H and O–H groups in total. The lowest BCUT2D eigenvalue weighted by Gasteiger charge is -2.37. The van der Waals surface area contributed by atoms with Crippen molar-refractivity contribution < 1.29 is 13.6 Å². The topological polar surface area (TPSA) is 74.2 Å². The van der Waals surface area contributed by atoms with Gasteiger partial charge in [-0.05, 0) is 60.7 Å². The summed E-state index contributed by atoms with van der Waals surface area (Å²) < 4.78 is 26.7. The van der Waals surface area contributed by atoms with E-state index in [4.69, 9.17) is 4.98 Å². The number of fused-ring (bicyclic) bond motifs is 1. The fourth-order valence-electron chi connectivity index (χ4n) is 4.04. The Labute approximate surface area is 195 Å². The van der Waals surface area contributed by atoms with E-state index in [-0.39, 0.29) is 23.5 Å². The Balaban J connectivity index is 1.49. The van der Waals surface area contributed by atoms with E-state index in [0.717, 1.165) is 11.3 Å². The number of halogens is 2. The third-order valence-electron chi connectivity index (χ3n) is 5.72. The summed E-state index contributed by atoms with van der Waals surface area (Å²) in [6.07, 6.45) is 0. The lowest BCUT2D eigenvalue weighted by atomic mass is 10.1. The standard InChI is InChI=1S/C25H22F2N6O/c1-16(34)28-25-30-22-11-10-21(17-2-4-18(26)5-3-17)29-23(22)24(31-25)33-14-12-32(13-15-33)20-8-6-19(27)7-9-20/h2-11H,12-15H2,1H3,(H,28,30,31,34). The van der Waals surface area contributed by atoms with Gasteiger partial charge in [-0.2, -0.15) is 4.98 Å². The van der Waals surface area contributed by atoms with Crippen molar-refractivity contribution in [3.63, 3.8) is 0 Å². The normalized spacial score (nSPS) is 13.9. The van der Waals surface area contributed by atoms with Gasteiger partial charge in [0.1, 0.15) is 17.2 Å². The first-order chi connectivity index (χ1) is 16.5. The number of pyridine rings is 1. The van der Waals surface area contributed by atoms with E-state index >= 15 is 0 Å². The van der Waals surface area contributed by atoms with Crippen LogP contribution in [0.2, 0.25) is 0 Å². The molecule has 0 aliphatic carbocycles. The first kappa shape index (κ1) is 21.7. The van der Waals surface area contributed by atoms with Crippen LogP contribution in [0.4, 0.5) is 26.2 Å². The maximum atomic E-state index is 13.4. The Morgan fingerprint density at radius 1 is 0.794 bits per heavy atom. The number of anilines is 3. The van der Waals surface area contributed by atoms with E-state index in [1.165, 1.54) is 31.2 Å². The molecule has 172 valence electrons. The highest BCUT2D eigenvalue weighted by Crippen LogP contribution is 2.29. The van der Waals surface area contributed by atoms with E-state index in [2.05, 4.69) is 25.1 Å². The van der Waals surface area contributed by atoms with Crippen LogP contribution in [0.1, 0.15) is 6.92 Å². The van der Waals surface area contributed by atoms with Gasteiger partial charge in [-0.1, -0.05) is 0 Å². The molecular formula is C25H22F2N6O. The van der Waals surface area contributed by atoms with Crippen LogP contribution in [0.15, 0.2) is 60.7 Å². The summed E-state index contributed by atoms with van der Waals surface area (Å²) in [7, 11) is 0. The minimum atomic E-state index is -0.312. The van der Waals surface area contributed by atoms with E-state index in [9.17, 15) is 13.6 Å². The van der Waals surface area contributed by atoms with Crippen molar-refractivity contribution in [1.82, 2.24) is 15.0 Å². The van der Waals surface area contributed by atoms with E-state index in [1.54, 1.807) is 24.3 Å². The summed E-state index contributed by atoms with van der Waals surface area (Å²) in [4.78, 5) is 29.8. The second-order valence-electron chi connectivity index (χ2n) is 8.07.